The first-order valence-electron chi connectivity index (χ1n) is 9.82. The van der Waals surface area contributed by atoms with Crippen LogP contribution in [0.5, 0.6) is 0 Å². The maximum Gasteiger partial charge on any atom is 0.319 e. The summed E-state index contributed by atoms with van der Waals surface area (Å²) in [5.74, 6) is -0.0311. The fourth-order valence-corrected chi connectivity index (χ4v) is 4.64. The topological polar surface area (TPSA) is 73.5 Å². The van der Waals surface area contributed by atoms with Crippen LogP contribution < -0.4 is 16.0 Å². The number of urea groups is 1. The molecule has 25 heavy (non-hydrogen) atoms. The van der Waals surface area contributed by atoms with Gasteiger partial charge in [0.2, 0.25) is 0 Å². The Morgan fingerprint density at radius 1 is 1.16 bits per heavy atom. The first-order valence-corrected chi connectivity index (χ1v) is 9.82. The molecule has 6 heteroatoms. The van der Waals surface area contributed by atoms with Gasteiger partial charge in [-0.15, -0.1) is 0 Å². The van der Waals surface area contributed by atoms with Crippen molar-refractivity contribution in [3.05, 3.63) is 11.3 Å². The molecule has 2 heterocycles. The highest BCUT2D eigenvalue weighted by atomic mass is 16.2. The van der Waals surface area contributed by atoms with E-state index in [4.69, 9.17) is 0 Å². The van der Waals surface area contributed by atoms with Crippen LogP contribution in [0, 0.1) is 0 Å². The highest BCUT2D eigenvalue weighted by Gasteiger charge is 2.38. The maximum atomic E-state index is 13.1. The van der Waals surface area contributed by atoms with Crippen molar-refractivity contribution >= 4 is 11.9 Å². The minimum atomic E-state index is -0.260. The molecule has 3 rings (SSSR count). The lowest BCUT2D eigenvalue weighted by Gasteiger charge is -2.43. The van der Waals surface area contributed by atoms with E-state index in [1.54, 1.807) is 0 Å². The van der Waals surface area contributed by atoms with Gasteiger partial charge in [-0.3, -0.25) is 4.79 Å². The van der Waals surface area contributed by atoms with E-state index in [-0.39, 0.29) is 23.5 Å². The lowest BCUT2D eigenvalue weighted by atomic mass is 9.80. The molecule has 0 bridgehead atoms. The normalized spacial score (nSPS) is 27.4. The molecule has 2 aliphatic heterocycles. The standard InChI is InChI=1S/C19H32N4O2/c1-14-16(15(2)21-18(25)20-14)17(24)22-19(9-5-3-6-10-19)13-23-11-7-4-8-12-23/h14H,3-13H2,1-2H3,(H,22,24)(H2,20,21,25). The number of hydrogen-bond donors (Lipinski definition) is 3. The summed E-state index contributed by atoms with van der Waals surface area (Å²) in [7, 11) is 0. The van der Waals surface area contributed by atoms with Crippen molar-refractivity contribution in [2.45, 2.75) is 76.8 Å². The van der Waals surface area contributed by atoms with Crippen molar-refractivity contribution in [3.63, 3.8) is 0 Å². The van der Waals surface area contributed by atoms with Crippen molar-refractivity contribution in [2.75, 3.05) is 19.6 Å². The summed E-state index contributed by atoms with van der Waals surface area (Å²) in [4.78, 5) is 27.2. The second-order valence-corrected chi connectivity index (χ2v) is 7.99. The van der Waals surface area contributed by atoms with E-state index >= 15 is 0 Å². The fraction of sp³-hybridized carbons (Fsp3) is 0.789. The third-order valence-corrected chi connectivity index (χ3v) is 5.89. The monoisotopic (exact) mass is 348 g/mol. The molecular weight excluding hydrogens is 316 g/mol. The summed E-state index contributed by atoms with van der Waals surface area (Å²) in [6.07, 6.45) is 9.57. The van der Waals surface area contributed by atoms with Gasteiger partial charge in [0.15, 0.2) is 0 Å². The van der Waals surface area contributed by atoms with Gasteiger partial charge in [0.05, 0.1) is 17.2 Å². The van der Waals surface area contributed by atoms with Crippen molar-refractivity contribution in [1.29, 1.82) is 0 Å². The summed E-state index contributed by atoms with van der Waals surface area (Å²) in [5, 5.41) is 8.92. The lowest BCUT2D eigenvalue weighted by molar-refractivity contribution is -0.120. The molecule has 3 aliphatic rings. The van der Waals surface area contributed by atoms with Gasteiger partial charge in [-0.1, -0.05) is 25.7 Å². The number of hydrogen-bond acceptors (Lipinski definition) is 3. The van der Waals surface area contributed by atoms with Crippen LogP contribution in [0.2, 0.25) is 0 Å². The molecule has 140 valence electrons. The van der Waals surface area contributed by atoms with Crippen LogP contribution in [0.4, 0.5) is 4.79 Å². The van der Waals surface area contributed by atoms with Gasteiger partial charge >= 0.3 is 6.03 Å². The van der Waals surface area contributed by atoms with Crippen molar-refractivity contribution in [1.82, 2.24) is 20.9 Å². The van der Waals surface area contributed by atoms with Crippen LogP contribution in [0.15, 0.2) is 11.3 Å². The number of rotatable bonds is 4. The molecule has 1 saturated carbocycles. The Morgan fingerprint density at radius 3 is 2.44 bits per heavy atom. The molecule has 3 N–H and O–H groups in total. The zero-order valence-electron chi connectivity index (χ0n) is 15.6. The molecule has 0 aromatic rings. The van der Waals surface area contributed by atoms with Gasteiger partial charge in [-0.25, -0.2) is 4.79 Å². The quantitative estimate of drug-likeness (QED) is 0.730. The highest BCUT2D eigenvalue weighted by molar-refractivity contribution is 5.98. The average Bonchev–Trinajstić information content (AvgIpc) is 2.55. The SMILES string of the molecule is CC1=C(C(=O)NC2(CN3CCCCC3)CCCCC2)C(C)NC(=O)N1. The molecule has 0 aromatic carbocycles. The zero-order valence-corrected chi connectivity index (χ0v) is 15.6. The first kappa shape index (κ1) is 18.2. The summed E-state index contributed by atoms with van der Waals surface area (Å²) in [6.45, 7) is 6.93. The third-order valence-electron chi connectivity index (χ3n) is 5.89. The summed E-state index contributed by atoms with van der Waals surface area (Å²) < 4.78 is 0. The zero-order chi connectivity index (χ0) is 17.9. The number of allylic oxidation sites excluding steroid dienone is 1. The molecule has 3 amide bonds. The second kappa shape index (κ2) is 7.77. The molecule has 6 nitrogen and oxygen atoms in total. The number of piperidine rings is 1. The number of nitrogens with zero attached hydrogens (tertiary/aromatic N) is 1. The predicted molar refractivity (Wildman–Crippen MR) is 98.1 cm³/mol. The summed E-state index contributed by atoms with van der Waals surface area (Å²) >= 11 is 0. The molecule has 1 aliphatic carbocycles. The Labute approximate surface area is 150 Å². The summed E-state index contributed by atoms with van der Waals surface area (Å²) in [5.41, 5.74) is 1.20. The van der Waals surface area contributed by atoms with Crippen LogP contribution in [-0.4, -0.2) is 48.1 Å². The molecule has 0 spiro atoms. The van der Waals surface area contributed by atoms with E-state index in [1.165, 1.54) is 38.5 Å². The first-order chi connectivity index (χ1) is 12.0. The van der Waals surface area contributed by atoms with Crippen LogP contribution in [0.1, 0.15) is 65.2 Å². The Bertz CT molecular complexity index is 546. The second-order valence-electron chi connectivity index (χ2n) is 7.99. The van der Waals surface area contributed by atoms with Crippen LogP contribution >= 0.6 is 0 Å². The van der Waals surface area contributed by atoms with Crippen molar-refractivity contribution < 1.29 is 9.59 Å². The lowest BCUT2D eigenvalue weighted by Crippen LogP contribution is -2.59. The smallest absolute Gasteiger partial charge is 0.319 e. The molecular formula is C19H32N4O2. The van der Waals surface area contributed by atoms with E-state index in [0.29, 0.717) is 11.3 Å². The minimum absolute atomic E-state index is 0.0311. The van der Waals surface area contributed by atoms with Gasteiger partial charge in [-0.05, 0) is 52.6 Å². The van der Waals surface area contributed by atoms with Gasteiger partial charge in [0.25, 0.3) is 5.91 Å². The van der Waals surface area contributed by atoms with Gasteiger partial charge in [0, 0.05) is 12.2 Å². The Morgan fingerprint density at radius 2 is 1.80 bits per heavy atom. The van der Waals surface area contributed by atoms with Crippen molar-refractivity contribution in [2.24, 2.45) is 0 Å². The largest absolute Gasteiger partial charge is 0.345 e. The Balaban J connectivity index is 1.74. The van der Waals surface area contributed by atoms with Gasteiger partial charge < -0.3 is 20.9 Å². The predicted octanol–water partition coefficient (Wildman–Crippen LogP) is 2.27. The molecule has 1 saturated heterocycles. The van der Waals surface area contributed by atoms with Crippen LogP contribution in [0.25, 0.3) is 0 Å². The van der Waals surface area contributed by atoms with Gasteiger partial charge in [0.1, 0.15) is 0 Å². The fourth-order valence-electron chi connectivity index (χ4n) is 4.64. The van der Waals surface area contributed by atoms with E-state index in [0.717, 1.165) is 32.5 Å². The van der Waals surface area contributed by atoms with E-state index < -0.39 is 0 Å². The number of nitrogens with one attached hydrogen (secondary N) is 3. The molecule has 0 aromatic heterocycles. The van der Waals surface area contributed by atoms with Gasteiger partial charge in [-0.2, -0.15) is 0 Å². The Kier molecular flexibility index (Phi) is 5.67. The van der Waals surface area contributed by atoms with E-state index in [2.05, 4.69) is 20.9 Å². The molecule has 1 unspecified atom stereocenters. The molecule has 0 radical (unpaired) electrons. The van der Waals surface area contributed by atoms with E-state index in [9.17, 15) is 9.59 Å². The van der Waals surface area contributed by atoms with Crippen LogP contribution in [0.3, 0.4) is 0 Å². The molecule has 2 fully saturated rings. The van der Waals surface area contributed by atoms with E-state index in [1.807, 2.05) is 13.8 Å². The minimum Gasteiger partial charge on any atom is -0.345 e. The number of carbonyl (C=O) groups excluding carboxylic acids is 2. The number of carbonyl (C=O) groups is 2. The van der Waals surface area contributed by atoms with Crippen molar-refractivity contribution in [3.8, 4) is 0 Å². The molecule has 1 atom stereocenters. The highest BCUT2D eigenvalue weighted by Crippen LogP contribution is 2.31. The maximum absolute atomic E-state index is 13.1. The number of likely N-dealkylation sites (tertiary alicyclic amines) is 1. The summed E-state index contributed by atoms with van der Waals surface area (Å²) in [6, 6.07) is -0.494. The number of amides is 3. The van der Waals surface area contributed by atoms with Crippen LogP contribution in [-0.2, 0) is 4.79 Å². The average molecular weight is 348 g/mol. The third kappa shape index (κ3) is 4.35. The Hall–Kier alpha value is -1.56.